The summed E-state index contributed by atoms with van der Waals surface area (Å²) >= 11 is 0. The second kappa shape index (κ2) is 7.00. The van der Waals surface area contributed by atoms with Crippen LogP contribution in [-0.2, 0) is 18.4 Å². The summed E-state index contributed by atoms with van der Waals surface area (Å²) in [7, 11) is 1.92. The van der Waals surface area contributed by atoms with Crippen molar-refractivity contribution in [3.8, 4) is 11.1 Å². The van der Waals surface area contributed by atoms with Crippen LogP contribution in [0.5, 0.6) is 0 Å². The summed E-state index contributed by atoms with van der Waals surface area (Å²) in [5.41, 5.74) is 3.37. The zero-order valence-corrected chi connectivity index (χ0v) is 14.8. The summed E-state index contributed by atoms with van der Waals surface area (Å²) < 4.78 is 1.81. The van der Waals surface area contributed by atoms with Crippen LogP contribution < -0.4 is 5.32 Å². The lowest BCUT2D eigenvalue weighted by atomic mass is 10.1. The normalized spacial score (nSPS) is 19.1. The summed E-state index contributed by atoms with van der Waals surface area (Å²) in [6.45, 7) is 2.74. The zero-order chi connectivity index (χ0) is 17.2. The number of carbonyl (C=O) groups is 1. The van der Waals surface area contributed by atoms with Gasteiger partial charge in [-0.15, -0.1) is 0 Å². The van der Waals surface area contributed by atoms with Gasteiger partial charge in [-0.2, -0.15) is 5.10 Å². The quantitative estimate of drug-likeness (QED) is 0.881. The van der Waals surface area contributed by atoms with Gasteiger partial charge in [-0.25, -0.2) is 0 Å². The molecule has 25 heavy (non-hydrogen) atoms. The smallest absolute Gasteiger partial charge is 0.237 e. The molecule has 1 aliphatic heterocycles. The van der Waals surface area contributed by atoms with Gasteiger partial charge in [0, 0.05) is 25.4 Å². The van der Waals surface area contributed by atoms with Crippen molar-refractivity contribution in [2.75, 3.05) is 13.1 Å². The third-order valence-corrected chi connectivity index (χ3v) is 5.30. The number of amides is 1. The lowest BCUT2D eigenvalue weighted by Gasteiger charge is -2.26. The van der Waals surface area contributed by atoms with E-state index in [1.54, 1.807) is 4.68 Å². The average Bonchev–Trinajstić information content (AvgIpc) is 3.11. The molecule has 1 aromatic carbocycles. The van der Waals surface area contributed by atoms with Crippen LogP contribution in [0.1, 0.15) is 31.2 Å². The number of nitrogens with zero attached hydrogens (tertiary/aromatic N) is 3. The number of carbonyl (C=O) groups excluding carboxylic acids is 1. The number of aromatic nitrogens is 2. The Balaban J connectivity index is 1.41. The number of nitrogens with one attached hydrogen (secondary N) is 1. The van der Waals surface area contributed by atoms with E-state index in [0.29, 0.717) is 12.5 Å². The van der Waals surface area contributed by atoms with E-state index in [1.807, 2.05) is 25.5 Å². The van der Waals surface area contributed by atoms with Crippen LogP contribution in [-0.4, -0.2) is 39.7 Å². The van der Waals surface area contributed by atoms with Crippen LogP contribution in [0, 0.1) is 5.92 Å². The van der Waals surface area contributed by atoms with E-state index >= 15 is 0 Å². The molecule has 0 spiro atoms. The Labute approximate surface area is 149 Å². The molecule has 2 aliphatic rings. The number of rotatable bonds is 6. The van der Waals surface area contributed by atoms with Crippen molar-refractivity contribution in [2.45, 2.75) is 38.3 Å². The minimum absolute atomic E-state index is 0.0870. The summed E-state index contributed by atoms with van der Waals surface area (Å²) in [5.74, 6) is 0.774. The highest BCUT2D eigenvalue weighted by Crippen LogP contribution is 2.36. The van der Waals surface area contributed by atoms with Gasteiger partial charge in [0.15, 0.2) is 0 Å². The van der Waals surface area contributed by atoms with Crippen molar-refractivity contribution in [3.05, 3.63) is 42.2 Å². The molecule has 1 N–H and O–H groups in total. The monoisotopic (exact) mass is 338 g/mol. The van der Waals surface area contributed by atoms with E-state index in [2.05, 4.69) is 33.5 Å². The molecule has 5 heteroatoms. The van der Waals surface area contributed by atoms with Crippen LogP contribution in [0.3, 0.4) is 0 Å². The van der Waals surface area contributed by atoms with Gasteiger partial charge in [0.2, 0.25) is 5.91 Å². The van der Waals surface area contributed by atoms with E-state index in [-0.39, 0.29) is 11.9 Å². The lowest BCUT2D eigenvalue weighted by molar-refractivity contribution is -0.127. The Morgan fingerprint density at radius 1 is 1.28 bits per heavy atom. The first-order chi connectivity index (χ1) is 12.2. The molecular weight excluding hydrogens is 312 g/mol. The van der Waals surface area contributed by atoms with Gasteiger partial charge in [-0.1, -0.05) is 18.2 Å². The Morgan fingerprint density at radius 2 is 2.08 bits per heavy atom. The van der Waals surface area contributed by atoms with Gasteiger partial charge >= 0.3 is 0 Å². The van der Waals surface area contributed by atoms with E-state index in [0.717, 1.165) is 29.8 Å². The van der Waals surface area contributed by atoms with Crippen molar-refractivity contribution in [2.24, 2.45) is 13.0 Å². The topological polar surface area (TPSA) is 50.2 Å². The molecule has 0 unspecified atom stereocenters. The highest BCUT2D eigenvalue weighted by atomic mass is 16.2. The van der Waals surface area contributed by atoms with Gasteiger partial charge in [-0.05, 0) is 61.9 Å². The third kappa shape index (κ3) is 3.76. The van der Waals surface area contributed by atoms with E-state index in [9.17, 15) is 4.79 Å². The molecule has 2 fully saturated rings. The molecule has 1 amide bonds. The summed E-state index contributed by atoms with van der Waals surface area (Å²) in [6.07, 6.45) is 8.73. The summed E-state index contributed by atoms with van der Waals surface area (Å²) in [6, 6.07) is 8.42. The molecule has 1 aliphatic carbocycles. The van der Waals surface area contributed by atoms with Crippen molar-refractivity contribution >= 4 is 5.91 Å². The number of hydrogen-bond donors (Lipinski definition) is 1. The molecule has 1 saturated carbocycles. The van der Waals surface area contributed by atoms with Crippen LogP contribution in [0.2, 0.25) is 0 Å². The van der Waals surface area contributed by atoms with Gasteiger partial charge in [0.25, 0.3) is 0 Å². The summed E-state index contributed by atoms with van der Waals surface area (Å²) in [4.78, 5) is 15.2. The van der Waals surface area contributed by atoms with Crippen LogP contribution in [0.25, 0.3) is 11.1 Å². The molecule has 1 saturated heterocycles. The second-order valence-electron chi connectivity index (χ2n) is 7.35. The predicted molar refractivity (Wildman–Crippen MR) is 97.8 cm³/mol. The predicted octanol–water partition coefficient (Wildman–Crippen LogP) is 2.58. The van der Waals surface area contributed by atoms with Gasteiger partial charge in [0.1, 0.15) is 0 Å². The maximum atomic E-state index is 12.8. The van der Waals surface area contributed by atoms with E-state index in [4.69, 9.17) is 0 Å². The molecule has 5 nitrogen and oxygen atoms in total. The molecule has 4 rings (SSSR count). The molecule has 0 bridgehead atoms. The van der Waals surface area contributed by atoms with Crippen LogP contribution in [0.4, 0.5) is 0 Å². The fraction of sp³-hybridized carbons (Fsp3) is 0.500. The number of hydrogen-bond acceptors (Lipinski definition) is 3. The first kappa shape index (κ1) is 16.3. The van der Waals surface area contributed by atoms with Crippen LogP contribution in [0.15, 0.2) is 36.7 Å². The first-order valence-corrected chi connectivity index (χ1v) is 9.30. The molecule has 2 aromatic rings. The Kier molecular flexibility index (Phi) is 4.57. The molecule has 1 atom stereocenters. The lowest BCUT2D eigenvalue weighted by Crippen LogP contribution is -2.46. The van der Waals surface area contributed by atoms with Crippen molar-refractivity contribution in [1.82, 2.24) is 20.0 Å². The summed E-state index contributed by atoms with van der Waals surface area (Å²) in [5, 5.41) is 7.41. The van der Waals surface area contributed by atoms with Crippen molar-refractivity contribution in [3.63, 3.8) is 0 Å². The Hall–Kier alpha value is -2.14. The fourth-order valence-corrected chi connectivity index (χ4v) is 3.83. The number of benzene rings is 1. The maximum absolute atomic E-state index is 12.8. The number of likely N-dealkylation sites (tertiary alicyclic amines) is 1. The highest BCUT2D eigenvalue weighted by Gasteiger charge is 2.40. The largest absolute Gasteiger partial charge is 0.351 e. The highest BCUT2D eigenvalue weighted by molar-refractivity contribution is 5.82. The van der Waals surface area contributed by atoms with E-state index in [1.165, 1.54) is 25.7 Å². The standard InChI is InChI=1S/C20H26N4O/c1-23-14-18(13-22-23)17-6-4-5-15(11-17)12-21-20(25)19(16-7-8-16)24-9-2-3-10-24/h4-6,11,13-14,16,19H,2-3,7-10,12H2,1H3,(H,21,25)/t19-/m0/s1. The van der Waals surface area contributed by atoms with Crippen molar-refractivity contribution in [1.29, 1.82) is 0 Å². The zero-order valence-electron chi connectivity index (χ0n) is 14.8. The first-order valence-electron chi connectivity index (χ1n) is 9.30. The average molecular weight is 338 g/mol. The minimum Gasteiger partial charge on any atom is -0.351 e. The fourth-order valence-electron chi connectivity index (χ4n) is 3.83. The van der Waals surface area contributed by atoms with Gasteiger partial charge in [0.05, 0.1) is 12.2 Å². The molecular formula is C20H26N4O. The molecule has 0 radical (unpaired) electrons. The van der Waals surface area contributed by atoms with Crippen LogP contribution >= 0.6 is 0 Å². The van der Waals surface area contributed by atoms with Gasteiger partial charge in [-0.3, -0.25) is 14.4 Å². The molecule has 2 heterocycles. The Morgan fingerprint density at radius 3 is 2.76 bits per heavy atom. The second-order valence-corrected chi connectivity index (χ2v) is 7.35. The Bertz CT molecular complexity index is 744. The minimum atomic E-state index is 0.0870. The SMILES string of the molecule is Cn1cc(-c2cccc(CNC(=O)[C@H](C3CC3)N3CCCC3)c2)cn1. The third-order valence-electron chi connectivity index (χ3n) is 5.30. The van der Waals surface area contributed by atoms with Gasteiger partial charge < -0.3 is 5.32 Å². The molecule has 132 valence electrons. The maximum Gasteiger partial charge on any atom is 0.237 e. The number of aryl methyl sites for hydroxylation is 1. The molecule has 1 aromatic heterocycles. The van der Waals surface area contributed by atoms with Crippen molar-refractivity contribution < 1.29 is 4.79 Å². The van der Waals surface area contributed by atoms with E-state index < -0.39 is 0 Å².